The fraction of sp³-hybridized carbons (Fsp3) is 0.545. The summed E-state index contributed by atoms with van der Waals surface area (Å²) in [6.45, 7) is 5.13. The van der Waals surface area contributed by atoms with E-state index in [2.05, 4.69) is 20.6 Å². The molecule has 1 aromatic heterocycles. The predicted molar refractivity (Wildman–Crippen MR) is 65.6 cm³/mol. The zero-order valence-corrected chi connectivity index (χ0v) is 10.5. The van der Waals surface area contributed by atoms with Gasteiger partial charge in [0.15, 0.2) is 0 Å². The summed E-state index contributed by atoms with van der Waals surface area (Å²) in [6, 6.07) is 0. The molecule has 0 bridgehead atoms. The van der Waals surface area contributed by atoms with Gasteiger partial charge in [0.2, 0.25) is 0 Å². The van der Waals surface area contributed by atoms with Gasteiger partial charge in [0.05, 0.1) is 24.7 Å². The van der Waals surface area contributed by atoms with Crippen molar-refractivity contribution >= 4 is 5.91 Å². The molecule has 0 atom stereocenters. The van der Waals surface area contributed by atoms with Crippen LogP contribution in [0.3, 0.4) is 0 Å². The summed E-state index contributed by atoms with van der Waals surface area (Å²) >= 11 is 0. The Kier molecular flexibility index (Phi) is 8.81. The Labute approximate surface area is 101 Å². The molecule has 0 fully saturated rings. The molecule has 0 unspecified atom stereocenters. The number of carbonyl (C=O) groups excluding carboxylic acids is 1. The number of hydrogen-bond acceptors (Lipinski definition) is 5. The molecule has 0 aromatic carbocycles. The number of aliphatic hydroxyl groups excluding tert-OH is 1. The smallest absolute Gasteiger partial charge is 0.271 e. The zero-order valence-electron chi connectivity index (χ0n) is 10.5. The summed E-state index contributed by atoms with van der Waals surface area (Å²) < 4.78 is 0. The lowest BCUT2D eigenvalue weighted by Gasteiger charge is -2.02. The van der Waals surface area contributed by atoms with Gasteiger partial charge in [0, 0.05) is 20.1 Å². The number of aromatic nitrogens is 2. The topological polar surface area (TPSA) is 87.1 Å². The predicted octanol–water partition coefficient (Wildman–Crippen LogP) is -0.0557. The first-order chi connectivity index (χ1) is 8.27. The molecule has 0 saturated carbocycles. The summed E-state index contributed by atoms with van der Waals surface area (Å²) in [4.78, 5) is 19.1. The van der Waals surface area contributed by atoms with Crippen molar-refractivity contribution in [3.05, 3.63) is 23.8 Å². The van der Waals surface area contributed by atoms with Crippen molar-refractivity contribution < 1.29 is 9.90 Å². The first-order valence-corrected chi connectivity index (χ1v) is 5.62. The molecule has 6 nitrogen and oxygen atoms in total. The highest BCUT2D eigenvalue weighted by molar-refractivity contribution is 5.91. The van der Waals surface area contributed by atoms with Crippen molar-refractivity contribution in [1.29, 1.82) is 0 Å². The molecule has 6 heteroatoms. The second-order valence-electron chi connectivity index (χ2n) is 2.87. The van der Waals surface area contributed by atoms with Crippen LogP contribution in [0.25, 0.3) is 0 Å². The van der Waals surface area contributed by atoms with Gasteiger partial charge in [0.1, 0.15) is 5.69 Å². The van der Waals surface area contributed by atoms with Crippen LogP contribution in [0.4, 0.5) is 0 Å². The van der Waals surface area contributed by atoms with Crippen LogP contribution in [-0.2, 0) is 6.54 Å². The van der Waals surface area contributed by atoms with Gasteiger partial charge in [-0.1, -0.05) is 13.8 Å². The van der Waals surface area contributed by atoms with Crippen LogP contribution in [0.5, 0.6) is 0 Å². The molecule has 1 amide bonds. The molecule has 0 spiro atoms. The van der Waals surface area contributed by atoms with E-state index in [9.17, 15) is 4.79 Å². The van der Waals surface area contributed by atoms with Crippen LogP contribution in [0.15, 0.2) is 12.4 Å². The van der Waals surface area contributed by atoms with Gasteiger partial charge in [-0.25, -0.2) is 4.98 Å². The van der Waals surface area contributed by atoms with Crippen LogP contribution in [-0.4, -0.2) is 41.2 Å². The summed E-state index contributed by atoms with van der Waals surface area (Å²) in [5.41, 5.74) is 1.03. The van der Waals surface area contributed by atoms with Gasteiger partial charge in [0.25, 0.3) is 5.91 Å². The number of aliphatic hydroxyl groups is 1. The average Bonchev–Trinajstić information content (AvgIpc) is 2.41. The van der Waals surface area contributed by atoms with Gasteiger partial charge in [-0.05, 0) is 0 Å². The third kappa shape index (κ3) is 5.94. The van der Waals surface area contributed by atoms with Gasteiger partial charge < -0.3 is 15.7 Å². The van der Waals surface area contributed by atoms with E-state index in [0.29, 0.717) is 18.8 Å². The van der Waals surface area contributed by atoms with Crippen LogP contribution < -0.4 is 10.6 Å². The van der Waals surface area contributed by atoms with E-state index in [4.69, 9.17) is 5.11 Å². The van der Waals surface area contributed by atoms with E-state index in [0.717, 1.165) is 5.69 Å². The highest BCUT2D eigenvalue weighted by Crippen LogP contribution is 1.94. The highest BCUT2D eigenvalue weighted by atomic mass is 16.3. The molecule has 96 valence electrons. The first-order valence-electron chi connectivity index (χ1n) is 5.62. The standard InChI is InChI=1S/C9H14N4O2.C2H6/c1-10-9(15)8-6-12-7(5-13-8)4-11-2-3-14;1-2/h5-6,11,14H,2-4H2,1H3,(H,10,15);1-2H3. The third-order valence-corrected chi connectivity index (χ3v) is 1.76. The van der Waals surface area contributed by atoms with E-state index in [-0.39, 0.29) is 12.5 Å². The van der Waals surface area contributed by atoms with Crippen LogP contribution in [0, 0.1) is 0 Å². The van der Waals surface area contributed by atoms with Gasteiger partial charge in [-0.3, -0.25) is 9.78 Å². The summed E-state index contributed by atoms with van der Waals surface area (Å²) in [7, 11) is 1.54. The molecular weight excluding hydrogens is 220 g/mol. The largest absolute Gasteiger partial charge is 0.395 e. The van der Waals surface area contributed by atoms with Crippen molar-refractivity contribution in [3.8, 4) is 0 Å². The van der Waals surface area contributed by atoms with Crippen molar-refractivity contribution in [2.24, 2.45) is 0 Å². The molecule has 0 aliphatic heterocycles. The SMILES string of the molecule is CC.CNC(=O)c1cnc(CNCCO)cn1. The maximum atomic E-state index is 11.1. The Hall–Kier alpha value is -1.53. The number of rotatable bonds is 5. The van der Waals surface area contributed by atoms with Crippen molar-refractivity contribution in [1.82, 2.24) is 20.6 Å². The van der Waals surface area contributed by atoms with Crippen molar-refractivity contribution in [2.45, 2.75) is 20.4 Å². The molecule has 0 radical (unpaired) electrons. The molecule has 0 aliphatic carbocycles. The minimum atomic E-state index is -0.252. The monoisotopic (exact) mass is 240 g/mol. The summed E-state index contributed by atoms with van der Waals surface area (Å²) in [5.74, 6) is -0.252. The average molecular weight is 240 g/mol. The van der Waals surface area contributed by atoms with E-state index in [1.165, 1.54) is 12.4 Å². The van der Waals surface area contributed by atoms with Crippen LogP contribution >= 0.6 is 0 Å². The Morgan fingerprint density at radius 3 is 2.53 bits per heavy atom. The van der Waals surface area contributed by atoms with E-state index in [1.807, 2.05) is 13.8 Å². The third-order valence-electron chi connectivity index (χ3n) is 1.76. The second kappa shape index (κ2) is 9.68. The molecular formula is C11H20N4O2. The maximum Gasteiger partial charge on any atom is 0.271 e. The number of nitrogens with one attached hydrogen (secondary N) is 2. The molecule has 3 N–H and O–H groups in total. The maximum absolute atomic E-state index is 11.1. The minimum absolute atomic E-state index is 0.0871. The Morgan fingerprint density at radius 2 is 2.06 bits per heavy atom. The molecule has 0 saturated heterocycles. The molecule has 1 heterocycles. The summed E-state index contributed by atoms with van der Waals surface area (Å²) in [6.07, 6.45) is 2.96. The quantitative estimate of drug-likeness (QED) is 0.628. The van der Waals surface area contributed by atoms with Gasteiger partial charge in [-0.15, -0.1) is 0 Å². The zero-order chi connectivity index (χ0) is 13.1. The van der Waals surface area contributed by atoms with Crippen LogP contribution in [0.2, 0.25) is 0 Å². The fourth-order valence-corrected chi connectivity index (χ4v) is 0.987. The number of carbonyl (C=O) groups is 1. The first kappa shape index (κ1) is 15.5. The number of hydrogen-bond donors (Lipinski definition) is 3. The normalized spacial score (nSPS) is 9.18. The Bertz CT molecular complexity index is 314. The second-order valence-corrected chi connectivity index (χ2v) is 2.87. The molecule has 1 aromatic rings. The lowest BCUT2D eigenvalue weighted by atomic mass is 10.4. The van der Waals surface area contributed by atoms with E-state index >= 15 is 0 Å². The minimum Gasteiger partial charge on any atom is -0.395 e. The Balaban J connectivity index is 0.00000121. The van der Waals surface area contributed by atoms with Crippen molar-refractivity contribution in [3.63, 3.8) is 0 Å². The molecule has 0 aliphatic rings. The number of amides is 1. The molecule has 1 rings (SSSR count). The number of nitrogens with zero attached hydrogens (tertiary/aromatic N) is 2. The highest BCUT2D eigenvalue weighted by Gasteiger charge is 2.04. The van der Waals surface area contributed by atoms with Crippen LogP contribution in [0.1, 0.15) is 30.0 Å². The van der Waals surface area contributed by atoms with E-state index in [1.54, 1.807) is 7.05 Å². The lowest BCUT2D eigenvalue weighted by molar-refractivity contribution is 0.0957. The van der Waals surface area contributed by atoms with Crippen molar-refractivity contribution in [2.75, 3.05) is 20.2 Å². The fourth-order valence-electron chi connectivity index (χ4n) is 0.987. The molecule has 17 heavy (non-hydrogen) atoms. The van der Waals surface area contributed by atoms with E-state index < -0.39 is 0 Å². The summed E-state index contributed by atoms with van der Waals surface area (Å²) in [5, 5.41) is 14.0. The van der Waals surface area contributed by atoms with Gasteiger partial charge >= 0.3 is 0 Å². The lowest BCUT2D eigenvalue weighted by Crippen LogP contribution is -2.21. The Morgan fingerprint density at radius 1 is 1.35 bits per heavy atom. The van der Waals surface area contributed by atoms with Gasteiger partial charge in [-0.2, -0.15) is 0 Å².